The lowest BCUT2D eigenvalue weighted by molar-refractivity contribution is 0.0587. The molecular weight excluding hydrogens is 286 g/mol. The molecule has 4 heteroatoms. The van der Waals surface area contributed by atoms with Gasteiger partial charge in [0.2, 0.25) is 0 Å². The Balaban J connectivity index is 1.65. The maximum atomic E-state index is 13.0. The van der Waals surface area contributed by atoms with Gasteiger partial charge in [-0.25, -0.2) is 0 Å². The standard InChI is InChI=1S/C19H29N3O/c1-2-17-15-16(8-10-20-17)19(23)22-13-4-3-7-18(22)9-14-21-11-5-6-12-21/h8,10,15,18H,2-7,9,11-14H2,1H3. The van der Waals surface area contributed by atoms with Crippen molar-refractivity contribution in [1.82, 2.24) is 14.8 Å². The molecule has 2 saturated heterocycles. The van der Waals surface area contributed by atoms with Crippen LogP contribution in [0.4, 0.5) is 0 Å². The van der Waals surface area contributed by atoms with E-state index >= 15 is 0 Å². The van der Waals surface area contributed by atoms with Gasteiger partial charge in [0.25, 0.3) is 5.91 Å². The van der Waals surface area contributed by atoms with Crippen LogP contribution < -0.4 is 0 Å². The van der Waals surface area contributed by atoms with E-state index in [1.165, 1.54) is 32.4 Å². The highest BCUT2D eigenvalue weighted by molar-refractivity contribution is 5.94. The van der Waals surface area contributed by atoms with E-state index in [0.29, 0.717) is 6.04 Å². The summed E-state index contributed by atoms with van der Waals surface area (Å²) in [5.74, 6) is 0.202. The van der Waals surface area contributed by atoms with Crippen LogP contribution in [-0.2, 0) is 6.42 Å². The maximum absolute atomic E-state index is 13.0. The molecule has 0 spiro atoms. The van der Waals surface area contributed by atoms with Crippen LogP contribution >= 0.6 is 0 Å². The summed E-state index contributed by atoms with van der Waals surface area (Å²) in [6, 6.07) is 4.25. The first-order valence-corrected chi connectivity index (χ1v) is 9.26. The van der Waals surface area contributed by atoms with Gasteiger partial charge in [0.05, 0.1) is 0 Å². The second kappa shape index (κ2) is 7.91. The fourth-order valence-corrected chi connectivity index (χ4v) is 3.88. The molecule has 1 aromatic rings. The quantitative estimate of drug-likeness (QED) is 0.837. The Labute approximate surface area is 139 Å². The average molecular weight is 315 g/mol. The van der Waals surface area contributed by atoms with Crippen LogP contribution in [0.2, 0.25) is 0 Å². The number of aryl methyl sites for hydroxylation is 1. The van der Waals surface area contributed by atoms with Crippen molar-refractivity contribution in [3.05, 3.63) is 29.6 Å². The zero-order valence-corrected chi connectivity index (χ0v) is 14.3. The Morgan fingerprint density at radius 2 is 2.00 bits per heavy atom. The summed E-state index contributed by atoms with van der Waals surface area (Å²) in [6.45, 7) is 6.62. The third-order valence-electron chi connectivity index (χ3n) is 5.29. The highest BCUT2D eigenvalue weighted by Gasteiger charge is 2.28. The summed E-state index contributed by atoms with van der Waals surface area (Å²) in [5.41, 5.74) is 1.81. The van der Waals surface area contributed by atoms with Crippen LogP contribution in [0.25, 0.3) is 0 Å². The molecule has 0 radical (unpaired) electrons. The third kappa shape index (κ3) is 4.11. The van der Waals surface area contributed by atoms with Gasteiger partial charge in [0.15, 0.2) is 0 Å². The van der Waals surface area contributed by atoms with Crippen molar-refractivity contribution in [2.24, 2.45) is 0 Å². The summed E-state index contributed by atoms with van der Waals surface area (Å²) in [5, 5.41) is 0. The average Bonchev–Trinajstić information content (AvgIpc) is 3.13. The lowest BCUT2D eigenvalue weighted by Crippen LogP contribution is -2.45. The molecular formula is C19H29N3O. The number of hydrogen-bond donors (Lipinski definition) is 0. The van der Waals surface area contributed by atoms with E-state index in [-0.39, 0.29) is 5.91 Å². The first kappa shape index (κ1) is 16.4. The zero-order chi connectivity index (χ0) is 16.1. The second-order valence-electron chi connectivity index (χ2n) is 6.87. The molecule has 0 bridgehead atoms. The van der Waals surface area contributed by atoms with Crippen molar-refractivity contribution >= 4 is 5.91 Å². The Morgan fingerprint density at radius 1 is 1.22 bits per heavy atom. The molecule has 3 rings (SSSR count). The molecule has 1 atom stereocenters. The molecule has 2 aliphatic rings. The van der Waals surface area contributed by atoms with Gasteiger partial charge < -0.3 is 9.80 Å². The van der Waals surface area contributed by atoms with Gasteiger partial charge in [-0.05, 0) is 70.2 Å². The van der Waals surface area contributed by atoms with Gasteiger partial charge in [-0.2, -0.15) is 0 Å². The Kier molecular flexibility index (Phi) is 5.65. The number of likely N-dealkylation sites (tertiary alicyclic amines) is 2. The minimum absolute atomic E-state index is 0.202. The molecule has 0 aromatic carbocycles. The van der Waals surface area contributed by atoms with Crippen molar-refractivity contribution in [3.8, 4) is 0 Å². The molecule has 0 aliphatic carbocycles. The smallest absolute Gasteiger partial charge is 0.254 e. The number of amides is 1. The number of aromatic nitrogens is 1. The van der Waals surface area contributed by atoms with Gasteiger partial charge in [0, 0.05) is 36.6 Å². The largest absolute Gasteiger partial charge is 0.336 e. The van der Waals surface area contributed by atoms with E-state index in [0.717, 1.165) is 50.0 Å². The minimum Gasteiger partial charge on any atom is -0.336 e. The molecule has 2 fully saturated rings. The predicted octanol–water partition coefficient (Wildman–Crippen LogP) is 3.12. The van der Waals surface area contributed by atoms with Crippen LogP contribution in [0.1, 0.15) is 61.5 Å². The first-order valence-electron chi connectivity index (χ1n) is 9.26. The fourth-order valence-electron chi connectivity index (χ4n) is 3.88. The van der Waals surface area contributed by atoms with Gasteiger partial charge in [-0.1, -0.05) is 6.92 Å². The van der Waals surface area contributed by atoms with Crippen LogP contribution in [0.5, 0.6) is 0 Å². The molecule has 2 aliphatic heterocycles. The van der Waals surface area contributed by atoms with Crippen molar-refractivity contribution in [2.45, 2.75) is 57.9 Å². The SMILES string of the molecule is CCc1cc(C(=O)N2CCCCC2CCN2CCCC2)ccn1. The number of carbonyl (C=O) groups is 1. The molecule has 126 valence electrons. The van der Waals surface area contributed by atoms with E-state index < -0.39 is 0 Å². The van der Waals surface area contributed by atoms with Gasteiger partial charge in [0.1, 0.15) is 0 Å². The van der Waals surface area contributed by atoms with Crippen molar-refractivity contribution < 1.29 is 4.79 Å². The zero-order valence-electron chi connectivity index (χ0n) is 14.3. The minimum atomic E-state index is 0.202. The molecule has 1 amide bonds. The van der Waals surface area contributed by atoms with E-state index in [4.69, 9.17) is 0 Å². The molecule has 23 heavy (non-hydrogen) atoms. The lowest BCUT2D eigenvalue weighted by Gasteiger charge is -2.36. The molecule has 1 aromatic heterocycles. The third-order valence-corrected chi connectivity index (χ3v) is 5.29. The van der Waals surface area contributed by atoms with Gasteiger partial charge in [-0.3, -0.25) is 9.78 Å². The molecule has 0 N–H and O–H groups in total. The molecule has 4 nitrogen and oxygen atoms in total. The van der Waals surface area contributed by atoms with Crippen LogP contribution in [0, 0.1) is 0 Å². The van der Waals surface area contributed by atoms with E-state index in [2.05, 4.69) is 21.7 Å². The Bertz CT molecular complexity index is 525. The summed E-state index contributed by atoms with van der Waals surface area (Å²) in [7, 11) is 0. The van der Waals surface area contributed by atoms with Crippen molar-refractivity contribution in [2.75, 3.05) is 26.2 Å². The summed E-state index contributed by atoms with van der Waals surface area (Å²) < 4.78 is 0. The van der Waals surface area contributed by atoms with E-state index in [1.807, 2.05) is 12.1 Å². The summed E-state index contributed by atoms with van der Waals surface area (Å²) in [4.78, 5) is 22.0. The van der Waals surface area contributed by atoms with Crippen LogP contribution in [0.3, 0.4) is 0 Å². The predicted molar refractivity (Wildman–Crippen MR) is 92.6 cm³/mol. The van der Waals surface area contributed by atoms with Crippen molar-refractivity contribution in [3.63, 3.8) is 0 Å². The molecule has 0 saturated carbocycles. The van der Waals surface area contributed by atoms with Crippen LogP contribution in [0.15, 0.2) is 18.3 Å². The number of hydrogen-bond acceptors (Lipinski definition) is 3. The van der Waals surface area contributed by atoms with E-state index in [1.54, 1.807) is 6.20 Å². The second-order valence-corrected chi connectivity index (χ2v) is 6.87. The monoisotopic (exact) mass is 315 g/mol. The van der Waals surface area contributed by atoms with Gasteiger partial charge in [-0.15, -0.1) is 0 Å². The molecule has 1 unspecified atom stereocenters. The van der Waals surface area contributed by atoms with Gasteiger partial charge >= 0.3 is 0 Å². The van der Waals surface area contributed by atoms with Crippen molar-refractivity contribution in [1.29, 1.82) is 0 Å². The Hall–Kier alpha value is -1.42. The van der Waals surface area contributed by atoms with E-state index in [9.17, 15) is 4.79 Å². The number of nitrogens with zero attached hydrogens (tertiary/aromatic N) is 3. The normalized spacial score (nSPS) is 22.5. The number of pyridine rings is 1. The highest BCUT2D eigenvalue weighted by atomic mass is 16.2. The number of rotatable bonds is 5. The topological polar surface area (TPSA) is 36.4 Å². The maximum Gasteiger partial charge on any atom is 0.254 e. The Morgan fingerprint density at radius 3 is 2.78 bits per heavy atom. The first-order chi connectivity index (χ1) is 11.3. The molecule has 3 heterocycles. The summed E-state index contributed by atoms with van der Waals surface area (Å²) >= 11 is 0. The lowest BCUT2D eigenvalue weighted by atomic mass is 9.98. The summed E-state index contributed by atoms with van der Waals surface area (Å²) in [6.07, 6.45) is 9.99. The number of carbonyl (C=O) groups excluding carboxylic acids is 1. The fraction of sp³-hybridized carbons (Fsp3) is 0.684. The highest BCUT2D eigenvalue weighted by Crippen LogP contribution is 2.23. The van der Waals surface area contributed by atoms with Crippen LogP contribution in [-0.4, -0.2) is 52.9 Å². The number of piperidine rings is 1.